The number of carbonyl (C=O) groups excluding carboxylic acids is 2. The third kappa shape index (κ3) is 3.78. The summed E-state index contributed by atoms with van der Waals surface area (Å²) in [5.41, 5.74) is 0.407. The average molecular weight is 392 g/mol. The number of nitrogens with zero attached hydrogens (tertiary/aromatic N) is 1. The van der Waals surface area contributed by atoms with Gasteiger partial charge in [0.25, 0.3) is 5.91 Å². The number of likely N-dealkylation sites (tertiary alicyclic amines) is 1. The first kappa shape index (κ1) is 18.6. The Labute approximate surface area is 164 Å². The normalized spacial score (nSPS) is 29.6. The van der Waals surface area contributed by atoms with Gasteiger partial charge in [-0.25, -0.2) is 0 Å². The Balaban J connectivity index is 1.46. The van der Waals surface area contributed by atoms with Crippen LogP contribution < -0.4 is 15.4 Å². The standard InChI is InChI=1S/C20H26ClN3O3/c1-27-18-7-4-12(21)9-16(18)20(26)24-8-2-3-17(24)19(25)23-15-10-13-5-6-14(11-15)22-13/h4,7,9,13-15,17,22H,2-3,5-6,8,10-11H2,1H3,(H,23,25). The summed E-state index contributed by atoms with van der Waals surface area (Å²) in [6.07, 6.45) is 5.86. The van der Waals surface area contributed by atoms with E-state index in [9.17, 15) is 9.59 Å². The second-order valence-corrected chi connectivity index (χ2v) is 8.25. The second-order valence-electron chi connectivity index (χ2n) is 7.82. The highest BCUT2D eigenvalue weighted by atomic mass is 35.5. The van der Waals surface area contributed by atoms with Crippen LogP contribution in [0.1, 0.15) is 48.9 Å². The Kier molecular flexibility index (Phi) is 5.28. The van der Waals surface area contributed by atoms with Gasteiger partial charge in [-0.05, 0) is 56.7 Å². The quantitative estimate of drug-likeness (QED) is 0.826. The molecule has 4 rings (SSSR count). The molecule has 0 radical (unpaired) electrons. The lowest BCUT2D eigenvalue weighted by atomic mass is 9.99. The number of hydrogen-bond acceptors (Lipinski definition) is 4. The maximum absolute atomic E-state index is 13.1. The number of halogens is 1. The van der Waals surface area contributed by atoms with Gasteiger partial charge in [0, 0.05) is 29.7 Å². The van der Waals surface area contributed by atoms with Crippen molar-refractivity contribution in [3.63, 3.8) is 0 Å². The fourth-order valence-corrected chi connectivity index (χ4v) is 4.93. The minimum absolute atomic E-state index is 0.0341. The molecule has 27 heavy (non-hydrogen) atoms. The molecule has 146 valence electrons. The monoisotopic (exact) mass is 391 g/mol. The third-order valence-corrected chi connectivity index (χ3v) is 6.26. The molecule has 3 fully saturated rings. The fraction of sp³-hybridized carbons (Fsp3) is 0.600. The molecular formula is C20H26ClN3O3. The number of piperidine rings is 1. The van der Waals surface area contributed by atoms with Crippen molar-refractivity contribution in [1.29, 1.82) is 0 Å². The molecule has 1 aromatic carbocycles. The van der Waals surface area contributed by atoms with E-state index in [-0.39, 0.29) is 17.9 Å². The number of fused-ring (bicyclic) bond motifs is 2. The van der Waals surface area contributed by atoms with E-state index in [0.29, 0.717) is 41.4 Å². The molecule has 2 N–H and O–H groups in total. The summed E-state index contributed by atoms with van der Waals surface area (Å²) in [5.74, 6) is 0.246. The Bertz CT molecular complexity index is 729. The predicted molar refractivity (Wildman–Crippen MR) is 103 cm³/mol. The van der Waals surface area contributed by atoms with Crippen LogP contribution in [-0.4, -0.2) is 54.5 Å². The molecule has 3 atom stereocenters. The highest BCUT2D eigenvalue weighted by Crippen LogP contribution is 2.29. The predicted octanol–water partition coefficient (Wildman–Crippen LogP) is 2.35. The highest BCUT2D eigenvalue weighted by Gasteiger charge is 2.39. The number of hydrogen-bond donors (Lipinski definition) is 2. The van der Waals surface area contributed by atoms with Gasteiger partial charge < -0.3 is 20.3 Å². The van der Waals surface area contributed by atoms with E-state index in [1.807, 2.05) is 0 Å². The minimum Gasteiger partial charge on any atom is -0.496 e. The van der Waals surface area contributed by atoms with Crippen molar-refractivity contribution in [1.82, 2.24) is 15.5 Å². The number of benzene rings is 1. The molecule has 2 amide bonds. The summed E-state index contributed by atoms with van der Waals surface area (Å²) in [4.78, 5) is 27.7. The van der Waals surface area contributed by atoms with Crippen molar-refractivity contribution in [3.8, 4) is 5.75 Å². The van der Waals surface area contributed by atoms with E-state index in [2.05, 4.69) is 10.6 Å². The van der Waals surface area contributed by atoms with Crippen molar-refractivity contribution < 1.29 is 14.3 Å². The molecule has 2 bridgehead atoms. The average Bonchev–Trinajstić information content (AvgIpc) is 3.27. The van der Waals surface area contributed by atoms with Gasteiger partial charge in [-0.2, -0.15) is 0 Å². The molecule has 7 heteroatoms. The van der Waals surface area contributed by atoms with E-state index < -0.39 is 6.04 Å². The van der Waals surface area contributed by atoms with Crippen molar-refractivity contribution in [3.05, 3.63) is 28.8 Å². The van der Waals surface area contributed by atoms with E-state index in [1.165, 1.54) is 20.0 Å². The van der Waals surface area contributed by atoms with Crippen LogP contribution in [0.2, 0.25) is 5.02 Å². The SMILES string of the molecule is COc1ccc(Cl)cc1C(=O)N1CCCC1C(=O)NC1CC2CCC(C1)N2. The van der Waals surface area contributed by atoms with Gasteiger partial charge in [0.15, 0.2) is 0 Å². The molecule has 1 aromatic rings. The first-order valence-corrected chi connectivity index (χ1v) is 10.1. The Morgan fingerprint density at radius 1 is 1.22 bits per heavy atom. The maximum atomic E-state index is 13.1. The van der Waals surface area contributed by atoms with E-state index in [0.717, 1.165) is 19.3 Å². The number of ether oxygens (including phenoxy) is 1. The van der Waals surface area contributed by atoms with Crippen LogP contribution in [0.4, 0.5) is 0 Å². The van der Waals surface area contributed by atoms with Crippen molar-refractivity contribution >= 4 is 23.4 Å². The lowest BCUT2D eigenvalue weighted by molar-refractivity contribution is -0.125. The molecule has 3 aliphatic heterocycles. The molecular weight excluding hydrogens is 366 g/mol. The van der Waals surface area contributed by atoms with Crippen LogP contribution in [0, 0.1) is 0 Å². The molecule has 3 unspecified atom stereocenters. The van der Waals surface area contributed by atoms with Gasteiger partial charge in [-0.15, -0.1) is 0 Å². The molecule has 3 aliphatic rings. The van der Waals surface area contributed by atoms with E-state index >= 15 is 0 Å². The van der Waals surface area contributed by atoms with Gasteiger partial charge >= 0.3 is 0 Å². The summed E-state index contributed by atoms with van der Waals surface area (Å²) >= 11 is 6.07. The van der Waals surface area contributed by atoms with Crippen LogP contribution in [-0.2, 0) is 4.79 Å². The summed E-state index contributed by atoms with van der Waals surface area (Å²) in [6.45, 7) is 0.573. The Hall–Kier alpha value is -1.79. The zero-order valence-electron chi connectivity index (χ0n) is 15.5. The first-order chi connectivity index (χ1) is 13.0. The number of methoxy groups -OCH3 is 1. The van der Waals surface area contributed by atoms with Crippen LogP contribution >= 0.6 is 11.6 Å². The van der Waals surface area contributed by atoms with Crippen LogP contribution in [0.5, 0.6) is 5.75 Å². The summed E-state index contributed by atoms with van der Waals surface area (Å²) in [7, 11) is 1.53. The molecule has 6 nitrogen and oxygen atoms in total. The lowest BCUT2D eigenvalue weighted by Gasteiger charge is -2.32. The Morgan fingerprint density at radius 3 is 2.67 bits per heavy atom. The maximum Gasteiger partial charge on any atom is 0.258 e. The topological polar surface area (TPSA) is 70.7 Å². The number of nitrogens with one attached hydrogen (secondary N) is 2. The second kappa shape index (κ2) is 7.68. The number of amides is 2. The molecule has 0 saturated carbocycles. The molecule has 0 spiro atoms. The van der Waals surface area contributed by atoms with Crippen LogP contribution in [0.15, 0.2) is 18.2 Å². The van der Waals surface area contributed by atoms with Crippen LogP contribution in [0.3, 0.4) is 0 Å². The summed E-state index contributed by atoms with van der Waals surface area (Å²) < 4.78 is 5.32. The summed E-state index contributed by atoms with van der Waals surface area (Å²) in [5, 5.41) is 7.27. The Morgan fingerprint density at radius 2 is 1.96 bits per heavy atom. The zero-order valence-corrected chi connectivity index (χ0v) is 16.3. The largest absolute Gasteiger partial charge is 0.496 e. The van der Waals surface area contributed by atoms with E-state index in [1.54, 1.807) is 23.1 Å². The van der Waals surface area contributed by atoms with Gasteiger partial charge in [-0.1, -0.05) is 11.6 Å². The third-order valence-electron chi connectivity index (χ3n) is 6.03. The number of carbonyl (C=O) groups is 2. The van der Waals surface area contributed by atoms with E-state index in [4.69, 9.17) is 16.3 Å². The zero-order chi connectivity index (χ0) is 19.0. The van der Waals surface area contributed by atoms with Crippen LogP contribution in [0.25, 0.3) is 0 Å². The van der Waals surface area contributed by atoms with Gasteiger partial charge in [-0.3, -0.25) is 9.59 Å². The minimum atomic E-state index is -0.422. The van der Waals surface area contributed by atoms with Crippen molar-refractivity contribution in [2.24, 2.45) is 0 Å². The highest BCUT2D eigenvalue weighted by molar-refractivity contribution is 6.31. The summed E-state index contributed by atoms with van der Waals surface area (Å²) in [6, 6.07) is 5.81. The molecule has 0 aliphatic carbocycles. The number of rotatable bonds is 4. The lowest BCUT2D eigenvalue weighted by Crippen LogP contribution is -2.53. The molecule has 3 heterocycles. The first-order valence-electron chi connectivity index (χ1n) is 9.76. The van der Waals surface area contributed by atoms with Gasteiger partial charge in [0.2, 0.25) is 5.91 Å². The smallest absolute Gasteiger partial charge is 0.258 e. The fourth-order valence-electron chi connectivity index (χ4n) is 4.76. The molecule has 3 saturated heterocycles. The molecule has 0 aromatic heterocycles. The van der Waals surface area contributed by atoms with Crippen molar-refractivity contribution in [2.45, 2.75) is 62.7 Å². The van der Waals surface area contributed by atoms with Crippen molar-refractivity contribution in [2.75, 3.05) is 13.7 Å². The van der Waals surface area contributed by atoms with Gasteiger partial charge in [0.05, 0.1) is 12.7 Å². The van der Waals surface area contributed by atoms with Gasteiger partial charge in [0.1, 0.15) is 11.8 Å².